The first kappa shape index (κ1) is 14.2. The molecule has 4 heteroatoms. The monoisotopic (exact) mass is 299 g/mol. The van der Waals surface area contributed by atoms with Crippen molar-refractivity contribution in [2.75, 3.05) is 6.61 Å². The van der Waals surface area contributed by atoms with E-state index >= 15 is 0 Å². The third kappa shape index (κ3) is 4.48. The minimum absolute atomic E-state index is 0.0461. The molecule has 0 saturated carbocycles. The lowest BCUT2D eigenvalue weighted by atomic mass is 9.99. The van der Waals surface area contributed by atoms with Crippen LogP contribution in [0, 0.1) is 0 Å². The minimum Gasteiger partial charge on any atom is -0.394 e. The third-order valence-electron chi connectivity index (χ3n) is 2.85. The number of rotatable bonds is 5. The van der Waals surface area contributed by atoms with Crippen LogP contribution >= 0.6 is 15.9 Å². The highest BCUT2D eigenvalue weighted by atomic mass is 79.9. The summed E-state index contributed by atoms with van der Waals surface area (Å²) < 4.78 is 0.996. The SMILES string of the molecule is CCC(C)(CO)NC(=O)Cc1ccc(Br)cc1. The summed E-state index contributed by atoms with van der Waals surface area (Å²) in [6, 6.07) is 7.64. The number of amides is 1. The fourth-order valence-electron chi connectivity index (χ4n) is 1.41. The smallest absolute Gasteiger partial charge is 0.224 e. The van der Waals surface area contributed by atoms with Gasteiger partial charge in [-0.3, -0.25) is 4.79 Å². The van der Waals surface area contributed by atoms with Gasteiger partial charge in [-0.05, 0) is 31.0 Å². The fourth-order valence-corrected chi connectivity index (χ4v) is 1.67. The van der Waals surface area contributed by atoms with Gasteiger partial charge in [-0.25, -0.2) is 0 Å². The number of hydrogen-bond acceptors (Lipinski definition) is 2. The van der Waals surface area contributed by atoms with Gasteiger partial charge < -0.3 is 10.4 Å². The minimum atomic E-state index is -0.521. The molecular formula is C13H18BrNO2. The maximum atomic E-state index is 11.8. The van der Waals surface area contributed by atoms with Gasteiger partial charge in [0.2, 0.25) is 5.91 Å². The second kappa shape index (κ2) is 6.17. The standard InChI is InChI=1S/C13H18BrNO2/c1-3-13(2,9-16)15-12(17)8-10-4-6-11(14)7-5-10/h4-7,16H,3,8-9H2,1-2H3,(H,15,17). The predicted octanol–water partition coefficient (Wildman–Crippen LogP) is 2.27. The van der Waals surface area contributed by atoms with E-state index in [2.05, 4.69) is 21.2 Å². The molecule has 2 N–H and O–H groups in total. The lowest BCUT2D eigenvalue weighted by molar-refractivity contribution is -0.122. The van der Waals surface area contributed by atoms with Crippen LogP contribution in [0.2, 0.25) is 0 Å². The van der Waals surface area contributed by atoms with E-state index in [0.29, 0.717) is 12.8 Å². The molecule has 1 unspecified atom stereocenters. The first-order chi connectivity index (χ1) is 7.99. The normalized spacial score (nSPS) is 14.1. The summed E-state index contributed by atoms with van der Waals surface area (Å²) >= 11 is 3.35. The summed E-state index contributed by atoms with van der Waals surface area (Å²) in [6.45, 7) is 3.73. The molecule has 1 rings (SSSR count). The maximum Gasteiger partial charge on any atom is 0.224 e. The molecule has 1 amide bonds. The maximum absolute atomic E-state index is 11.8. The number of aliphatic hydroxyl groups is 1. The summed E-state index contributed by atoms with van der Waals surface area (Å²) in [5, 5.41) is 12.1. The third-order valence-corrected chi connectivity index (χ3v) is 3.38. The summed E-state index contributed by atoms with van der Waals surface area (Å²) in [5.41, 5.74) is 0.439. The number of hydrogen-bond donors (Lipinski definition) is 2. The molecule has 0 spiro atoms. The van der Waals surface area contributed by atoms with E-state index in [0.717, 1.165) is 10.0 Å². The zero-order valence-electron chi connectivity index (χ0n) is 10.2. The first-order valence-corrected chi connectivity index (χ1v) is 6.45. The number of carbonyl (C=O) groups is 1. The van der Waals surface area contributed by atoms with Gasteiger partial charge in [0.25, 0.3) is 0 Å². The Hall–Kier alpha value is -0.870. The summed E-state index contributed by atoms with van der Waals surface area (Å²) in [6.07, 6.45) is 1.04. The molecule has 0 fully saturated rings. The van der Waals surface area contributed by atoms with Crippen molar-refractivity contribution >= 4 is 21.8 Å². The van der Waals surface area contributed by atoms with Crippen molar-refractivity contribution in [2.24, 2.45) is 0 Å². The largest absolute Gasteiger partial charge is 0.394 e. The Labute approximate surface area is 110 Å². The highest BCUT2D eigenvalue weighted by Crippen LogP contribution is 2.12. The van der Waals surface area contributed by atoms with E-state index < -0.39 is 5.54 Å². The molecule has 3 nitrogen and oxygen atoms in total. The molecule has 0 bridgehead atoms. The lowest BCUT2D eigenvalue weighted by Crippen LogP contribution is -2.48. The van der Waals surface area contributed by atoms with E-state index in [4.69, 9.17) is 0 Å². The Morgan fingerprint density at radius 1 is 1.41 bits per heavy atom. The van der Waals surface area contributed by atoms with E-state index in [1.165, 1.54) is 0 Å². The van der Waals surface area contributed by atoms with E-state index in [1.807, 2.05) is 38.1 Å². The van der Waals surface area contributed by atoms with Gasteiger partial charge in [0.15, 0.2) is 0 Å². The zero-order chi connectivity index (χ0) is 12.9. The second-order valence-electron chi connectivity index (χ2n) is 4.42. The molecule has 1 atom stereocenters. The van der Waals surface area contributed by atoms with Crippen molar-refractivity contribution in [1.29, 1.82) is 0 Å². The van der Waals surface area contributed by atoms with Crippen molar-refractivity contribution in [3.63, 3.8) is 0 Å². The van der Waals surface area contributed by atoms with Crippen LogP contribution < -0.4 is 5.32 Å². The molecule has 0 aromatic heterocycles. The Morgan fingerprint density at radius 2 is 2.00 bits per heavy atom. The Morgan fingerprint density at radius 3 is 2.47 bits per heavy atom. The van der Waals surface area contributed by atoms with Gasteiger partial charge in [0, 0.05) is 4.47 Å². The highest BCUT2D eigenvalue weighted by Gasteiger charge is 2.22. The molecule has 0 aliphatic rings. The molecular weight excluding hydrogens is 282 g/mol. The molecule has 0 heterocycles. The molecule has 0 aliphatic carbocycles. The topological polar surface area (TPSA) is 49.3 Å². The highest BCUT2D eigenvalue weighted by molar-refractivity contribution is 9.10. The van der Waals surface area contributed by atoms with Crippen molar-refractivity contribution in [2.45, 2.75) is 32.2 Å². The Bertz CT molecular complexity index is 372. The van der Waals surface area contributed by atoms with Gasteiger partial charge in [0.05, 0.1) is 18.6 Å². The van der Waals surface area contributed by atoms with Crippen molar-refractivity contribution in [3.8, 4) is 0 Å². The Balaban J connectivity index is 2.58. The summed E-state index contributed by atoms with van der Waals surface area (Å²) in [4.78, 5) is 11.8. The van der Waals surface area contributed by atoms with E-state index in [1.54, 1.807) is 0 Å². The molecule has 1 aromatic carbocycles. The average molecular weight is 300 g/mol. The summed E-state index contributed by atoms with van der Waals surface area (Å²) in [5.74, 6) is -0.0641. The van der Waals surface area contributed by atoms with Crippen LogP contribution in [0.3, 0.4) is 0 Å². The van der Waals surface area contributed by atoms with Crippen LogP contribution in [-0.2, 0) is 11.2 Å². The number of halogens is 1. The average Bonchev–Trinajstić information content (AvgIpc) is 2.32. The van der Waals surface area contributed by atoms with Gasteiger partial charge in [-0.1, -0.05) is 35.0 Å². The number of nitrogens with one attached hydrogen (secondary N) is 1. The van der Waals surface area contributed by atoms with Crippen LogP contribution in [-0.4, -0.2) is 23.2 Å². The van der Waals surface area contributed by atoms with E-state index in [9.17, 15) is 9.90 Å². The van der Waals surface area contributed by atoms with Crippen molar-refractivity contribution in [3.05, 3.63) is 34.3 Å². The number of carbonyl (C=O) groups excluding carboxylic acids is 1. The fraction of sp³-hybridized carbons (Fsp3) is 0.462. The predicted molar refractivity (Wildman–Crippen MR) is 71.8 cm³/mol. The number of aliphatic hydroxyl groups excluding tert-OH is 1. The quantitative estimate of drug-likeness (QED) is 0.876. The molecule has 0 aliphatic heterocycles. The van der Waals surface area contributed by atoms with Crippen LogP contribution in [0.15, 0.2) is 28.7 Å². The molecule has 1 aromatic rings. The molecule has 0 saturated heterocycles. The summed E-state index contributed by atoms with van der Waals surface area (Å²) in [7, 11) is 0. The van der Waals surface area contributed by atoms with Gasteiger partial charge in [-0.2, -0.15) is 0 Å². The van der Waals surface area contributed by atoms with Crippen LogP contribution in [0.5, 0.6) is 0 Å². The molecule has 17 heavy (non-hydrogen) atoms. The first-order valence-electron chi connectivity index (χ1n) is 5.65. The second-order valence-corrected chi connectivity index (χ2v) is 5.34. The zero-order valence-corrected chi connectivity index (χ0v) is 11.8. The van der Waals surface area contributed by atoms with Crippen molar-refractivity contribution in [1.82, 2.24) is 5.32 Å². The van der Waals surface area contributed by atoms with Gasteiger partial charge in [0.1, 0.15) is 0 Å². The van der Waals surface area contributed by atoms with Crippen LogP contribution in [0.1, 0.15) is 25.8 Å². The molecule has 0 radical (unpaired) electrons. The van der Waals surface area contributed by atoms with Crippen molar-refractivity contribution < 1.29 is 9.90 Å². The molecule has 94 valence electrons. The number of benzene rings is 1. The van der Waals surface area contributed by atoms with Crippen LogP contribution in [0.4, 0.5) is 0 Å². The van der Waals surface area contributed by atoms with Gasteiger partial charge in [-0.15, -0.1) is 0 Å². The van der Waals surface area contributed by atoms with Crippen LogP contribution in [0.25, 0.3) is 0 Å². The van der Waals surface area contributed by atoms with E-state index in [-0.39, 0.29) is 12.5 Å². The lowest BCUT2D eigenvalue weighted by Gasteiger charge is -2.27. The van der Waals surface area contributed by atoms with Gasteiger partial charge >= 0.3 is 0 Å². The Kier molecular flexibility index (Phi) is 5.15.